The SMILES string of the molecule is Nc1cc2c(no[n+]2[O-])c(N)c1N. The summed E-state index contributed by atoms with van der Waals surface area (Å²) in [6.07, 6.45) is 0. The first-order valence-electron chi connectivity index (χ1n) is 3.44. The predicted octanol–water partition coefficient (Wildman–Crippen LogP) is -0.792. The number of benzene rings is 1. The van der Waals surface area contributed by atoms with Crippen LogP contribution in [0.3, 0.4) is 0 Å². The molecule has 0 saturated heterocycles. The number of hydrogen-bond donors (Lipinski definition) is 3. The number of anilines is 3. The van der Waals surface area contributed by atoms with Gasteiger partial charge in [0.1, 0.15) is 5.69 Å². The Bertz CT molecular complexity index is 477. The van der Waals surface area contributed by atoms with Crippen molar-refractivity contribution < 1.29 is 9.53 Å². The second-order valence-electron chi connectivity index (χ2n) is 2.59. The van der Waals surface area contributed by atoms with Crippen LogP contribution < -0.4 is 22.1 Å². The highest BCUT2D eigenvalue weighted by molar-refractivity contribution is 5.97. The number of nitrogens with zero attached hydrogens (tertiary/aromatic N) is 2. The van der Waals surface area contributed by atoms with Gasteiger partial charge in [0.2, 0.25) is 5.52 Å². The van der Waals surface area contributed by atoms with Gasteiger partial charge in [0.25, 0.3) is 5.52 Å². The highest BCUT2D eigenvalue weighted by atomic mass is 16.8. The zero-order valence-corrected chi connectivity index (χ0v) is 6.52. The predicted molar refractivity (Wildman–Crippen MR) is 46.2 cm³/mol. The lowest BCUT2D eigenvalue weighted by Crippen LogP contribution is -2.22. The van der Waals surface area contributed by atoms with Crippen LogP contribution in [0.5, 0.6) is 0 Å². The molecule has 0 fully saturated rings. The van der Waals surface area contributed by atoms with Crippen LogP contribution in [0.25, 0.3) is 11.0 Å². The molecule has 0 aliphatic carbocycles. The number of nitrogens with two attached hydrogens (primary N) is 3. The van der Waals surface area contributed by atoms with Crippen LogP contribution in [0.4, 0.5) is 17.1 Å². The third-order valence-corrected chi connectivity index (χ3v) is 1.79. The van der Waals surface area contributed by atoms with Crippen molar-refractivity contribution in [1.29, 1.82) is 0 Å². The summed E-state index contributed by atoms with van der Waals surface area (Å²) in [4.78, 5) is 0.224. The van der Waals surface area contributed by atoms with E-state index in [1.54, 1.807) is 0 Å². The fraction of sp³-hybridized carbons (Fsp3) is 0. The molecule has 2 rings (SSSR count). The molecule has 0 spiro atoms. The van der Waals surface area contributed by atoms with E-state index in [4.69, 9.17) is 17.2 Å². The van der Waals surface area contributed by atoms with Crippen molar-refractivity contribution in [2.45, 2.75) is 0 Å². The fourth-order valence-corrected chi connectivity index (χ4v) is 1.07. The van der Waals surface area contributed by atoms with Crippen molar-refractivity contribution in [2.24, 2.45) is 0 Å². The first-order chi connectivity index (χ1) is 6.11. The first kappa shape index (κ1) is 7.47. The van der Waals surface area contributed by atoms with Gasteiger partial charge in [-0.05, 0) is 4.90 Å². The molecular weight excluding hydrogens is 174 g/mol. The van der Waals surface area contributed by atoms with Gasteiger partial charge >= 0.3 is 0 Å². The number of aromatic nitrogens is 2. The number of fused-ring (bicyclic) bond motifs is 1. The fourth-order valence-electron chi connectivity index (χ4n) is 1.07. The summed E-state index contributed by atoms with van der Waals surface area (Å²) < 4.78 is 4.33. The van der Waals surface area contributed by atoms with Gasteiger partial charge in [-0.2, -0.15) is 0 Å². The highest BCUT2D eigenvalue weighted by Crippen LogP contribution is 2.28. The van der Waals surface area contributed by atoms with E-state index in [9.17, 15) is 5.21 Å². The average molecular weight is 181 g/mol. The maximum atomic E-state index is 10.9. The summed E-state index contributed by atoms with van der Waals surface area (Å²) in [5, 5.41) is 14.4. The van der Waals surface area contributed by atoms with E-state index < -0.39 is 0 Å². The van der Waals surface area contributed by atoms with Crippen LogP contribution in [-0.2, 0) is 0 Å². The summed E-state index contributed by atoms with van der Waals surface area (Å²) >= 11 is 0. The molecule has 0 atom stereocenters. The minimum Gasteiger partial charge on any atom is -0.397 e. The number of rotatable bonds is 0. The highest BCUT2D eigenvalue weighted by Gasteiger charge is 2.17. The third-order valence-electron chi connectivity index (χ3n) is 1.79. The van der Waals surface area contributed by atoms with Crippen molar-refractivity contribution in [3.63, 3.8) is 0 Å². The summed E-state index contributed by atoms with van der Waals surface area (Å²) in [6, 6.07) is 1.37. The summed E-state index contributed by atoms with van der Waals surface area (Å²) in [7, 11) is 0. The number of nitrogen functional groups attached to an aromatic ring is 3. The molecule has 0 aliphatic heterocycles. The molecule has 0 radical (unpaired) electrons. The minimum absolute atomic E-state index is 0.161. The monoisotopic (exact) mass is 181 g/mol. The molecule has 0 bridgehead atoms. The van der Waals surface area contributed by atoms with E-state index in [2.05, 4.69) is 9.79 Å². The molecule has 7 heteroatoms. The van der Waals surface area contributed by atoms with Gasteiger partial charge < -0.3 is 22.4 Å². The Balaban J connectivity index is 2.96. The van der Waals surface area contributed by atoms with Gasteiger partial charge in [-0.1, -0.05) is 0 Å². The maximum Gasteiger partial charge on any atom is 0.273 e. The number of hydrogen-bond acceptors (Lipinski definition) is 6. The lowest BCUT2D eigenvalue weighted by atomic mass is 10.2. The van der Waals surface area contributed by atoms with Crippen molar-refractivity contribution in [3.8, 4) is 0 Å². The second kappa shape index (κ2) is 2.16. The van der Waals surface area contributed by atoms with Gasteiger partial charge in [0.15, 0.2) is 0 Å². The average Bonchev–Trinajstić information content (AvgIpc) is 2.45. The van der Waals surface area contributed by atoms with Crippen molar-refractivity contribution in [1.82, 2.24) is 5.16 Å². The molecule has 1 aromatic heterocycles. The Hall–Kier alpha value is -2.18. The van der Waals surface area contributed by atoms with Crippen LogP contribution in [0.1, 0.15) is 0 Å². The topological polar surface area (TPSA) is 131 Å². The first-order valence-corrected chi connectivity index (χ1v) is 3.44. The Morgan fingerprint density at radius 2 is 2.00 bits per heavy atom. The Morgan fingerprint density at radius 3 is 2.69 bits per heavy atom. The molecule has 0 saturated carbocycles. The molecule has 6 N–H and O–H groups in total. The molecular formula is C6H7N5O2. The van der Waals surface area contributed by atoms with Crippen LogP contribution >= 0.6 is 0 Å². The van der Waals surface area contributed by atoms with Gasteiger partial charge in [-0.3, -0.25) is 4.63 Å². The normalized spacial score (nSPS) is 10.8. The summed E-state index contributed by atoms with van der Waals surface area (Å²) in [5.41, 5.74) is 17.6. The molecule has 68 valence electrons. The Morgan fingerprint density at radius 1 is 1.31 bits per heavy atom. The summed E-state index contributed by atoms with van der Waals surface area (Å²) in [5.74, 6) is 0. The van der Waals surface area contributed by atoms with E-state index in [0.717, 1.165) is 0 Å². The lowest BCUT2D eigenvalue weighted by Gasteiger charge is -2.00. The smallest absolute Gasteiger partial charge is 0.273 e. The Kier molecular flexibility index (Phi) is 1.24. The lowest BCUT2D eigenvalue weighted by molar-refractivity contribution is -0.782. The van der Waals surface area contributed by atoms with Crippen LogP contribution in [0.15, 0.2) is 10.7 Å². The third kappa shape index (κ3) is 0.835. The van der Waals surface area contributed by atoms with Crippen LogP contribution in [-0.4, -0.2) is 5.16 Å². The van der Waals surface area contributed by atoms with E-state index >= 15 is 0 Å². The molecule has 2 aromatic rings. The maximum absolute atomic E-state index is 10.9. The van der Waals surface area contributed by atoms with Crippen molar-refractivity contribution in [3.05, 3.63) is 11.3 Å². The van der Waals surface area contributed by atoms with Gasteiger partial charge in [0, 0.05) is 11.2 Å². The molecule has 0 unspecified atom stereocenters. The van der Waals surface area contributed by atoms with E-state index in [-0.39, 0.29) is 33.0 Å². The van der Waals surface area contributed by atoms with E-state index in [1.165, 1.54) is 6.07 Å². The second-order valence-corrected chi connectivity index (χ2v) is 2.59. The zero-order chi connectivity index (χ0) is 9.59. The van der Waals surface area contributed by atoms with E-state index in [0.29, 0.717) is 0 Å². The summed E-state index contributed by atoms with van der Waals surface area (Å²) in [6.45, 7) is 0. The molecule has 1 heterocycles. The van der Waals surface area contributed by atoms with Crippen molar-refractivity contribution in [2.75, 3.05) is 17.2 Å². The standard InChI is InChI=1S/C6H7N5O2/c7-2-1-3-6(5(9)4(2)8)10-13-11(3)12/h1H,7-9H2. The van der Waals surface area contributed by atoms with Gasteiger partial charge in [-0.25, -0.2) is 0 Å². The van der Waals surface area contributed by atoms with Crippen LogP contribution in [0, 0.1) is 5.21 Å². The van der Waals surface area contributed by atoms with Gasteiger partial charge in [-0.15, -0.1) is 0 Å². The molecule has 13 heavy (non-hydrogen) atoms. The molecule has 0 amide bonds. The zero-order valence-electron chi connectivity index (χ0n) is 6.52. The Labute approximate surface area is 72.2 Å². The minimum atomic E-state index is 0.161. The largest absolute Gasteiger partial charge is 0.397 e. The van der Waals surface area contributed by atoms with Crippen LogP contribution in [0.2, 0.25) is 0 Å². The molecule has 1 aromatic carbocycles. The van der Waals surface area contributed by atoms with E-state index in [1.807, 2.05) is 0 Å². The van der Waals surface area contributed by atoms with Crippen molar-refractivity contribution >= 4 is 28.1 Å². The molecule has 7 nitrogen and oxygen atoms in total. The van der Waals surface area contributed by atoms with Gasteiger partial charge in [0.05, 0.1) is 11.4 Å². The quantitative estimate of drug-likeness (QED) is 0.360. The molecule has 0 aliphatic rings.